The fourth-order valence-electron chi connectivity index (χ4n) is 2.24. The molecule has 3 aromatic rings. The molecule has 0 aliphatic heterocycles. The third kappa shape index (κ3) is 5.69. The molecule has 0 fully saturated rings. The van der Waals surface area contributed by atoms with Crippen molar-refractivity contribution in [3.63, 3.8) is 0 Å². The number of aromatic nitrogens is 2. The van der Waals surface area contributed by atoms with E-state index in [1.165, 1.54) is 47.4 Å². The predicted octanol–water partition coefficient (Wildman–Crippen LogP) is 4.39. The summed E-state index contributed by atoms with van der Waals surface area (Å²) in [6.07, 6.45) is 0.634. The maximum absolute atomic E-state index is 13.0. The zero-order valence-electron chi connectivity index (χ0n) is 14.0. The summed E-state index contributed by atoms with van der Waals surface area (Å²) in [4.78, 5) is 12.0. The lowest BCUT2D eigenvalue weighted by molar-refractivity contribution is -0.118. The predicted molar refractivity (Wildman–Crippen MR) is 106 cm³/mol. The van der Waals surface area contributed by atoms with Gasteiger partial charge in [0.05, 0.1) is 11.4 Å². The van der Waals surface area contributed by atoms with Gasteiger partial charge in [-0.15, -0.1) is 5.10 Å². The van der Waals surface area contributed by atoms with Crippen LogP contribution < -0.4 is 5.32 Å². The first-order chi connectivity index (χ1) is 13.0. The highest BCUT2D eigenvalue weighted by Gasteiger charge is 2.09. The Kier molecular flexibility index (Phi) is 6.70. The van der Waals surface area contributed by atoms with Crippen molar-refractivity contribution in [2.45, 2.75) is 10.8 Å². The minimum absolute atomic E-state index is 0.114. The second-order valence-corrected chi connectivity index (χ2v) is 8.38. The fourth-order valence-corrected chi connectivity index (χ4v) is 4.43. The smallest absolute Gasteiger partial charge is 0.230 e. The second-order valence-electron chi connectivity index (χ2n) is 5.54. The molecule has 1 amide bonds. The van der Waals surface area contributed by atoms with Gasteiger partial charge in [0.2, 0.25) is 5.91 Å². The number of carbonyl (C=O) groups is 1. The summed E-state index contributed by atoms with van der Waals surface area (Å²) in [7, 11) is 0. The van der Waals surface area contributed by atoms with Crippen molar-refractivity contribution < 1.29 is 13.6 Å². The van der Waals surface area contributed by atoms with Crippen molar-refractivity contribution >= 4 is 41.2 Å². The first-order valence-electron chi connectivity index (χ1n) is 8.01. The SMILES string of the molecule is O=C(CSc1nn(-c2ccc(F)cc2)c(=S)s1)NCCc1ccc(F)cc1. The molecule has 1 aromatic heterocycles. The number of hydrogen-bond acceptors (Lipinski definition) is 5. The molecule has 0 bridgehead atoms. The Labute approximate surface area is 168 Å². The van der Waals surface area contributed by atoms with E-state index in [9.17, 15) is 13.6 Å². The van der Waals surface area contributed by atoms with Crippen molar-refractivity contribution in [1.29, 1.82) is 0 Å². The molecule has 1 N–H and O–H groups in total. The van der Waals surface area contributed by atoms with Gasteiger partial charge >= 0.3 is 0 Å². The van der Waals surface area contributed by atoms with Crippen LogP contribution in [0.4, 0.5) is 8.78 Å². The van der Waals surface area contributed by atoms with E-state index in [4.69, 9.17) is 12.2 Å². The van der Waals surface area contributed by atoms with Crippen molar-refractivity contribution in [3.05, 3.63) is 69.7 Å². The molecule has 2 aromatic carbocycles. The molecular weight excluding hydrogens is 408 g/mol. The average molecular weight is 424 g/mol. The van der Waals surface area contributed by atoms with Crippen molar-refractivity contribution in [3.8, 4) is 5.69 Å². The first kappa shape index (κ1) is 19.7. The van der Waals surface area contributed by atoms with Crippen LogP contribution in [0.15, 0.2) is 52.9 Å². The number of carbonyl (C=O) groups excluding carboxylic acids is 1. The number of hydrogen-bond donors (Lipinski definition) is 1. The molecule has 3 rings (SSSR count). The lowest BCUT2D eigenvalue weighted by Crippen LogP contribution is -2.27. The van der Waals surface area contributed by atoms with Gasteiger partial charge in [0.1, 0.15) is 11.6 Å². The van der Waals surface area contributed by atoms with Crippen LogP contribution in [0.5, 0.6) is 0 Å². The van der Waals surface area contributed by atoms with Gasteiger partial charge in [0, 0.05) is 6.54 Å². The van der Waals surface area contributed by atoms with Gasteiger partial charge in [-0.05, 0) is 60.6 Å². The number of thioether (sulfide) groups is 1. The zero-order valence-corrected chi connectivity index (χ0v) is 16.5. The van der Waals surface area contributed by atoms with Crippen molar-refractivity contribution in [2.24, 2.45) is 0 Å². The van der Waals surface area contributed by atoms with E-state index in [0.717, 1.165) is 5.56 Å². The molecule has 0 aliphatic carbocycles. The Hall–Kier alpha value is -2.10. The number of halogens is 2. The molecule has 0 spiro atoms. The molecule has 27 heavy (non-hydrogen) atoms. The Balaban J connectivity index is 1.49. The molecule has 0 radical (unpaired) electrons. The summed E-state index contributed by atoms with van der Waals surface area (Å²) in [6.45, 7) is 0.477. The van der Waals surface area contributed by atoms with Crippen LogP contribution in [0, 0.1) is 15.6 Å². The monoisotopic (exact) mass is 423 g/mol. The highest BCUT2D eigenvalue weighted by atomic mass is 32.2. The van der Waals surface area contributed by atoms with Crippen LogP contribution in [0.25, 0.3) is 5.69 Å². The van der Waals surface area contributed by atoms with E-state index in [-0.39, 0.29) is 23.3 Å². The van der Waals surface area contributed by atoms with Crippen LogP contribution in [0.1, 0.15) is 5.56 Å². The Morgan fingerprint density at radius 1 is 1.11 bits per heavy atom. The minimum atomic E-state index is -0.326. The lowest BCUT2D eigenvalue weighted by Gasteiger charge is -2.04. The van der Waals surface area contributed by atoms with Crippen LogP contribution >= 0.6 is 35.3 Å². The highest BCUT2D eigenvalue weighted by molar-refractivity contribution is 8.01. The minimum Gasteiger partial charge on any atom is -0.355 e. The maximum atomic E-state index is 13.0. The molecule has 9 heteroatoms. The summed E-state index contributed by atoms with van der Waals surface area (Å²) >= 11 is 7.88. The van der Waals surface area contributed by atoms with Gasteiger partial charge in [-0.2, -0.15) is 0 Å². The zero-order chi connectivity index (χ0) is 19.2. The van der Waals surface area contributed by atoms with Gasteiger partial charge < -0.3 is 5.32 Å². The van der Waals surface area contributed by atoms with Gasteiger partial charge in [0.25, 0.3) is 0 Å². The van der Waals surface area contributed by atoms with E-state index in [2.05, 4.69) is 10.4 Å². The molecule has 0 atom stereocenters. The van der Waals surface area contributed by atoms with Crippen LogP contribution in [-0.4, -0.2) is 28.0 Å². The number of amides is 1. The number of rotatable bonds is 7. The number of nitrogens with zero attached hydrogens (tertiary/aromatic N) is 2. The second kappa shape index (κ2) is 9.20. The van der Waals surface area contributed by atoms with E-state index >= 15 is 0 Å². The van der Waals surface area contributed by atoms with Gasteiger partial charge in [-0.3, -0.25) is 4.79 Å². The third-order valence-corrected chi connectivity index (χ3v) is 5.94. The highest BCUT2D eigenvalue weighted by Crippen LogP contribution is 2.24. The van der Waals surface area contributed by atoms with E-state index < -0.39 is 0 Å². The maximum Gasteiger partial charge on any atom is 0.230 e. The summed E-state index contributed by atoms with van der Waals surface area (Å²) in [6, 6.07) is 12.1. The standard InChI is InChI=1S/C18H15F2N3OS3/c19-13-3-1-12(2-4-13)9-10-21-16(24)11-26-17-22-23(18(25)27-17)15-7-5-14(20)6-8-15/h1-8H,9-11H2,(H,21,24). The first-order valence-corrected chi connectivity index (χ1v) is 10.2. The van der Waals surface area contributed by atoms with Gasteiger partial charge in [0.15, 0.2) is 8.29 Å². The van der Waals surface area contributed by atoms with Crippen molar-refractivity contribution in [1.82, 2.24) is 15.1 Å². The summed E-state index contributed by atoms with van der Waals surface area (Å²) < 4.78 is 28.6. The van der Waals surface area contributed by atoms with E-state index in [1.807, 2.05) is 0 Å². The molecule has 140 valence electrons. The molecule has 0 saturated carbocycles. The van der Waals surface area contributed by atoms with Crippen molar-refractivity contribution in [2.75, 3.05) is 12.3 Å². The van der Waals surface area contributed by atoms with E-state index in [1.54, 1.807) is 28.9 Å². The molecule has 0 unspecified atom stereocenters. The van der Waals surface area contributed by atoms with Gasteiger partial charge in [-0.25, -0.2) is 13.5 Å². The average Bonchev–Trinajstić information content (AvgIpc) is 3.03. The molecule has 0 aliphatic rings. The fraction of sp³-hybridized carbons (Fsp3) is 0.167. The Bertz CT molecular complexity index is 969. The van der Waals surface area contributed by atoms with Crippen LogP contribution in [0.2, 0.25) is 0 Å². The number of benzene rings is 2. The summed E-state index contributed by atoms with van der Waals surface area (Å²) in [5.41, 5.74) is 1.63. The topological polar surface area (TPSA) is 46.9 Å². The molecule has 0 saturated heterocycles. The lowest BCUT2D eigenvalue weighted by atomic mass is 10.1. The summed E-state index contributed by atoms with van der Waals surface area (Å²) in [5.74, 6) is -0.500. The van der Waals surface area contributed by atoms with E-state index in [0.29, 0.717) is 26.9 Å². The van der Waals surface area contributed by atoms with Crippen LogP contribution in [-0.2, 0) is 11.2 Å². The largest absolute Gasteiger partial charge is 0.355 e. The summed E-state index contributed by atoms with van der Waals surface area (Å²) in [5, 5.41) is 7.20. The molecule has 1 heterocycles. The van der Waals surface area contributed by atoms with Crippen LogP contribution in [0.3, 0.4) is 0 Å². The normalized spacial score (nSPS) is 10.7. The quantitative estimate of drug-likeness (QED) is 0.452. The third-order valence-electron chi connectivity index (χ3n) is 3.58. The molecule has 4 nitrogen and oxygen atoms in total. The number of nitrogens with one attached hydrogen (secondary N) is 1. The Morgan fingerprint density at radius 2 is 1.74 bits per heavy atom. The van der Waals surface area contributed by atoms with Gasteiger partial charge in [-0.1, -0.05) is 35.2 Å². The molecular formula is C18H15F2N3OS3. The Morgan fingerprint density at radius 3 is 2.41 bits per heavy atom.